The van der Waals surface area contributed by atoms with Gasteiger partial charge in [-0.25, -0.2) is 0 Å². The van der Waals surface area contributed by atoms with Gasteiger partial charge in [-0.15, -0.1) is 0 Å². The van der Waals surface area contributed by atoms with Crippen molar-refractivity contribution in [1.29, 1.82) is 0 Å². The third-order valence-corrected chi connectivity index (χ3v) is 1.64. The fourth-order valence-electron chi connectivity index (χ4n) is 1.16. The van der Waals surface area contributed by atoms with E-state index >= 15 is 0 Å². The van der Waals surface area contributed by atoms with E-state index in [0.29, 0.717) is 0 Å². The average molecular weight is 186 g/mol. The average Bonchev–Trinajstić information content (AvgIpc) is 1.94. The van der Waals surface area contributed by atoms with Gasteiger partial charge in [-0.1, -0.05) is 6.58 Å². The first kappa shape index (κ1) is 12.5. The predicted molar refractivity (Wildman–Crippen MR) is 58.6 cm³/mol. The van der Waals surface area contributed by atoms with Gasteiger partial charge in [0.25, 0.3) is 0 Å². The Labute approximate surface area is 82.4 Å². The summed E-state index contributed by atoms with van der Waals surface area (Å²) in [5, 5.41) is 6.44. The Balaban J connectivity index is 3.41. The van der Waals surface area contributed by atoms with Crippen molar-refractivity contribution in [1.82, 2.24) is 10.6 Å². The highest BCUT2D eigenvalue weighted by Gasteiger charge is 2.08. The van der Waals surface area contributed by atoms with Gasteiger partial charge in [0, 0.05) is 6.54 Å². The van der Waals surface area contributed by atoms with Crippen LogP contribution in [0.2, 0.25) is 0 Å². The van der Waals surface area contributed by atoms with Crippen LogP contribution in [0.15, 0.2) is 12.3 Å². The van der Waals surface area contributed by atoms with Crippen molar-refractivity contribution in [2.24, 2.45) is 0 Å². The lowest BCUT2D eigenvalue weighted by Crippen LogP contribution is -2.39. The summed E-state index contributed by atoms with van der Waals surface area (Å²) < 4.78 is 0.928. The van der Waals surface area contributed by atoms with Crippen molar-refractivity contribution in [2.45, 2.75) is 6.42 Å². The van der Waals surface area contributed by atoms with Crippen LogP contribution < -0.4 is 10.6 Å². The summed E-state index contributed by atoms with van der Waals surface area (Å²) in [5.41, 5.74) is 1.13. The largest absolute Gasteiger partial charge is 0.384 e. The van der Waals surface area contributed by atoms with Crippen LogP contribution >= 0.6 is 0 Å². The van der Waals surface area contributed by atoms with Gasteiger partial charge < -0.3 is 15.1 Å². The smallest absolute Gasteiger partial charge is 0.118 e. The van der Waals surface area contributed by atoms with Crippen molar-refractivity contribution in [2.75, 3.05) is 47.8 Å². The lowest BCUT2D eigenvalue weighted by Gasteiger charge is -2.25. The minimum Gasteiger partial charge on any atom is -0.384 e. The monoisotopic (exact) mass is 186 g/mol. The Hall–Kier alpha value is -0.540. The van der Waals surface area contributed by atoms with Crippen LogP contribution in [0.4, 0.5) is 0 Å². The number of nitrogens with zero attached hydrogens (tertiary/aromatic N) is 1. The maximum absolute atomic E-state index is 3.99. The number of likely N-dealkylation sites (N-methyl/N-ethyl adjacent to an activating group) is 1. The second kappa shape index (κ2) is 6.00. The van der Waals surface area contributed by atoms with E-state index in [1.165, 1.54) is 0 Å². The third kappa shape index (κ3) is 9.37. The molecule has 0 aromatic heterocycles. The molecule has 3 nitrogen and oxygen atoms in total. The van der Waals surface area contributed by atoms with Crippen LogP contribution in [-0.4, -0.2) is 52.3 Å². The van der Waals surface area contributed by atoms with Crippen LogP contribution in [0.5, 0.6) is 0 Å². The Morgan fingerprint density at radius 2 is 1.85 bits per heavy atom. The summed E-state index contributed by atoms with van der Waals surface area (Å²) in [4.78, 5) is 0. The van der Waals surface area contributed by atoms with E-state index in [1.807, 2.05) is 7.05 Å². The molecule has 78 valence electrons. The lowest BCUT2D eigenvalue weighted by atomic mass is 10.3. The van der Waals surface area contributed by atoms with Crippen LogP contribution in [0.3, 0.4) is 0 Å². The molecule has 0 aromatic rings. The maximum Gasteiger partial charge on any atom is 0.118 e. The Kier molecular flexibility index (Phi) is 5.75. The van der Waals surface area contributed by atoms with Gasteiger partial charge in [0.05, 0.1) is 26.8 Å². The summed E-state index contributed by atoms with van der Waals surface area (Å²) in [5.74, 6) is 0. The predicted octanol–water partition coefficient (Wildman–Crippen LogP) is 0.405. The lowest BCUT2D eigenvalue weighted by molar-refractivity contribution is -0.865. The van der Waals surface area contributed by atoms with Crippen molar-refractivity contribution in [3.63, 3.8) is 0 Å². The molecule has 0 saturated carbocycles. The van der Waals surface area contributed by atoms with Gasteiger partial charge in [-0.05, 0) is 20.0 Å². The first-order valence-corrected chi connectivity index (χ1v) is 4.82. The number of quaternary nitrogens is 1. The van der Waals surface area contributed by atoms with E-state index in [-0.39, 0.29) is 0 Å². The standard InChI is InChI=1S/C10H24N3/c1-10(9-13(3,4)5)12-8-6-7-11-2/h11-12H,1,6-9H2,2-5H3/q+1. The second-order valence-corrected chi connectivity index (χ2v) is 4.44. The molecule has 3 heteroatoms. The molecular formula is C10H24N3+. The van der Waals surface area contributed by atoms with E-state index in [9.17, 15) is 0 Å². The fraction of sp³-hybridized carbons (Fsp3) is 0.800. The molecule has 0 aliphatic heterocycles. The molecule has 2 N–H and O–H groups in total. The molecule has 0 spiro atoms. The highest BCUT2D eigenvalue weighted by Crippen LogP contribution is 1.95. The molecule has 0 aliphatic rings. The van der Waals surface area contributed by atoms with Crippen LogP contribution in [-0.2, 0) is 0 Å². The Morgan fingerprint density at radius 3 is 2.31 bits per heavy atom. The number of nitrogens with one attached hydrogen (secondary N) is 2. The number of rotatable bonds is 7. The summed E-state index contributed by atoms with van der Waals surface area (Å²) in [6, 6.07) is 0. The molecule has 0 heterocycles. The molecule has 0 atom stereocenters. The molecule has 0 aromatic carbocycles. The Bertz CT molecular complexity index is 147. The van der Waals surface area contributed by atoms with E-state index in [0.717, 1.165) is 36.2 Å². The zero-order valence-corrected chi connectivity index (χ0v) is 9.48. The molecule has 0 saturated heterocycles. The SMILES string of the molecule is C=C(C[N+](C)(C)C)NCCCNC. The van der Waals surface area contributed by atoms with E-state index in [2.05, 4.69) is 38.4 Å². The maximum atomic E-state index is 3.99. The third-order valence-electron chi connectivity index (χ3n) is 1.64. The van der Waals surface area contributed by atoms with Gasteiger partial charge in [0.2, 0.25) is 0 Å². The highest BCUT2D eigenvalue weighted by atomic mass is 15.3. The minimum atomic E-state index is 0.928. The topological polar surface area (TPSA) is 24.1 Å². The van der Waals surface area contributed by atoms with Crippen molar-refractivity contribution in [3.8, 4) is 0 Å². The molecule has 0 unspecified atom stereocenters. The highest BCUT2D eigenvalue weighted by molar-refractivity contribution is 4.90. The summed E-state index contributed by atoms with van der Waals surface area (Å²) in [6.07, 6.45) is 1.15. The van der Waals surface area contributed by atoms with Gasteiger partial charge >= 0.3 is 0 Å². The van der Waals surface area contributed by atoms with E-state index in [4.69, 9.17) is 0 Å². The molecule has 13 heavy (non-hydrogen) atoms. The number of hydrogen-bond donors (Lipinski definition) is 2. The molecule has 0 fully saturated rings. The van der Waals surface area contributed by atoms with Crippen molar-refractivity contribution >= 4 is 0 Å². The minimum absolute atomic E-state index is 0.928. The van der Waals surface area contributed by atoms with E-state index < -0.39 is 0 Å². The van der Waals surface area contributed by atoms with Crippen molar-refractivity contribution in [3.05, 3.63) is 12.3 Å². The fourth-order valence-corrected chi connectivity index (χ4v) is 1.16. The van der Waals surface area contributed by atoms with Crippen LogP contribution in [0.1, 0.15) is 6.42 Å². The Morgan fingerprint density at radius 1 is 1.23 bits per heavy atom. The molecular weight excluding hydrogens is 162 g/mol. The first-order valence-electron chi connectivity index (χ1n) is 4.82. The van der Waals surface area contributed by atoms with Crippen LogP contribution in [0, 0.1) is 0 Å². The summed E-state index contributed by atoms with van der Waals surface area (Å²) in [6.45, 7) is 7.05. The van der Waals surface area contributed by atoms with Gasteiger partial charge in [0.1, 0.15) is 6.54 Å². The zero-order chi connectivity index (χ0) is 10.3. The molecule has 0 aliphatic carbocycles. The zero-order valence-electron chi connectivity index (χ0n) is 9.48. The summed E-state index contributed by atoms with van der Waals surface area (Å²) in [7, 11) is 8.47. The van der Waals surface area contributed by atoms with Gasteiger partial charge in [-0.3, -0.25) is 0 Å². The van der Waals surface area contributed by atoms with Crippen LogP contribution in [0.25, 0.3) is 0 Å². The van der Waals surface area contributed by atoms with Crippen molar-refractivity contribution < 1.29 is 4.48 Å². The molecule has 0 rings (SSSR count). The first-order chi connectivity index (χ1) is 5.95. The van der Waals surface area contributed by atoms with Gasteiger partial charge in [-0.2, -0.15) is 0 Å². The quantitative estimate of drug-likeness (QED) is 0.444. The van der Waals surface area contributed by atoms with E-state index in [1.54, 1.807) is 0 Å². The second-order valence-electron chi connectivity index (χ2n) is 4.44. The molecule has 0 bridgehead atoms. The normalized spacial score (nSPS) is 11.4. The van der Waals surface area contributed by atoms with Gasteiger partial charge in [0.15, 0.2) is 0 Å². The summed E-state index contributed by atoms with van der Waals surface area (Å²) >= 11 is 0. The molecule has 0 amide bonds. The number of hydrogen-bond acceptors (Lipinski definition) is 2. The molecule has 0 radical (unpaired) electrons.